The molecule has 96 valence electrons. The summed E-state index contributed by atoms with van der Waals surface area (Å²) in [5.41, 5.74) is 1.11. The number of fused-ring (bicyclic) bond motifs is 1. The number of nitrogens with one attached hydrogen (secondary N) is 1. The highest BCUT2D eigenvalue weighted by Crippen LogP contribution is 2.23. The number of nitriles is 1. The van der Waals surface area contributed by atoms with Gasteiger partial charge in [-0.1, -0.05) is 0 Å². The Morgan fingerprint density at radius 2 is 2.44 bits per heavy atom. The molecular formula is C9H10N4O4S. The van der Waals surface area contributed by atoms with Crippen LogP contribution < -0.4 is 0 Å². The molecule has 9 heteroatoms. The van der Waals surface area contributed by atoms with Crippen molar-refractivity contribution in [2.24, 2.45) is 0 Å². The van der Waals surface area contributed by atoms with Crippen molar-refractivity contribution in [2.75, 3.05) is 5.75 Å². The highest BCUT2D eigenvalue weighted by atomic mass is 32.2. The number of sulfonamides is 1. The van der Waals surface area contributed by atoms with E-state index in [1.54, 1.807) is 0 Å². The van der Waals surface area contributed by atoms with Crippen molar-refractivity contribution in [1.29, 1.82) is 5.26 Å². The maximum absolute atomic E-state index is 11.8. The number of rotatable bonds is 3. The summed E-state index contributed by atoms with van der Waals surface area (Å²) < 4.78 is 24.5. The molecule has 0 radical (unpaired) electrons. The summed E-state index contributed by atoms with van der Waals surface area (Å²) in [5.74, 6) is -1.98. The fraction of sp³-hybridized carbons (Fsp3) is 0.444. The molecule has 1 unspecified atom stereocenters. The van der Waals surface area contributed by atoms with Gasteiger partial charge in [-0.05, 0) is 0 Å². The molecule has 1 aromatic heterocycles. The molecule has 8 nitrogen and oxygen atoms in total. The first kappa shape index (κ1) is 12.5. The molecule has 0 saturated carbocycles. The van der Waals surface area contributed by atoms with Crippen molar-refractivity contribution < 1.29 is 18.3 Å². The average molecular weight is 270 g/mol. The Morgan fingerprint density at radius 3 is 3.06 bits per heavy atom. The zero-order valence-electron chi connectivity index (χ0n) is 9.20. The topological polar surface area (TPSA) is 127 Å². The van der Waals surface area contributed by atoms with Gasteiger partial charge in [-0.3, -0.25) is 4.79 Å². The van der Waals surface area contributed by atoms with Gasteiger partial charge in [0.05, 0.1) is 30.3 Å². The van der Waals surface area contributed by atoms with Gasteiger partial charge in [0.2, 0.25) is 10.0 Å². The summed E-state index contributed by atoms with van der Waals surface area (Å²) >= 11 is 0. The first-order valence-corrected chi connectivity index (χ1v) is 6.67. The minimum Gasteiger partial charge on any atom is -0.480 e. The maximum Gasteiger partial charge on any atom is 0.322 e. The van der Waals surface area contributed by atoms with E-state index in [4.69, 9.17) is 10.4 Å². The Labute approximate surface area is 103 Å². The molecule has 1 aromatic rings. The Bertz CT molecular complexity index is 615. The van der Waals surface area contributed by atoms with Crippen LogP contribution in [0, 0.1) is 11.3 Å². The zero-order chi connectivity index (χ0) is 13.3. The molecule has 18 heavy (non-hydrogen) atoms. The van der Waals surface area contributed by atoms with E-state index in [-0.39, 0.29) is 13.0 Å². The van der Waals surface area contributed by atoms with Crippen LogP contribution in [0.4, 0.5) is 0 Å². The van der Waals surface area contributed by atoms with Crippen LogP contribution in [0.3, 0.4) is 0 Å². The van der Waals surface area contributed by atoms with Crippen LogP contribution in [0.5, 0.6) is 0 Å². The van der Waals surface area contributed by atoms with E-state index in [1.807, 2.05) is 0 Å². The Hall–Kier alpha value is -1.92. The van der Waals surface area contributed by atoms with E-state index >= 15 is 0 Å². The number of H-pyrrole nitrogens is 1. The molecule has 0 aliphatic carbocycles. The number of hydrogen-bond donors (Lipinski definition) is 2. The predicted octanol–water partition coefficient (Wildman–Crippen LogP) is -0.926. The van der Waals surface area contributed by atoms with Crippen LogP contribution in [0.1, 0.15) is 11.4 Å². The first-order valence-electron chi connectivity index (χ1n) is 5.06. The number of nitrogens with zero attached hydrogens (tertiary/aromatic N) is 3. The van der Waals surface area contributed by atoms with E-state index in [0.29, 0.717) is 11.4 Å². The van der Waals surface area contributed by atoms with E-state index < -0.39 is 27.8 Å². The maximum atomic E-state index is 11.8. The molecular weight excluding hydrogens is 260 g/mol. The Balaban J connectivity index is 2.40. The number of hydrogen-bond acceptors (Lipinski definition) is 5. The van der Waals surface area contributed by atoms with Gasteiger partial charge in [0, 0.05) is 6.42 Å². The lowest BCUT2D eigenvalue weighted by atomic mass is 10.1. The molecule has 2 N–H and O–H groups in total. The van der Waals surface area contributed by atoms with Crippen LogP contribution in [0.15, 0.2) is 6.33 Å². The van der Waals surface area contributed by atoms with Gasteiger partial charge < -0.3 is 10.1 Å². The number of aromatic amines is 1. The number of imidazole rings is 1. The summed E-state index contributed by atoms with van der Waals surface area (Å²) in [4.78, 5) is 17.8. The molecule has 0 aromatic carbocycles. The highest BCUT2D eigenvalue weighted by molar-refractivity contribution is 7.89. The summed E-state index contributed by atoms with van der Waals surface area (Å²) in [6.45, 7) is -0.101. The molecule has 0 saturated heterocycles. The van der Waals surface area contributed by atoms with Crippen molar-refractivity contribution in [3.8, 4) is 6.07 Å². The van der Waals surface area contributed by atoms with Crippen LogP contribution >= 0.6 is 0 Å². The fourth-order valence-corrected chi connectivity index (χ4v) is 3.09. The lowest BCUT2D eigenvalue weighted by Gasteiger charge is -2.30. The normalized spacial score (nSPS) is 20.1. The second-order valence-corrected chi connectivity index (χ2v) is 5.77. The minimum atomic E-state index is -3.90. The third-order valence-corrected chi connectivity index (χ3v) is 4.34. The zero-order valence-corrected chi connectivity index (χ0v) is 10.0. The van der Waals surface area contributed by atoms with E-state index in [2.05, 4.69) is 9.97 Å². The number of aliphatic carboxylic acids is 1. The molecule has 1 atom stereocenters. The highest BCUT2D eigenvalue weighted by Gasteiger charge is 2.39. The van der Waals surface area contributed by atoms with Crippen LogP contribution in [0.25, 0.3) is 0 Å². The number of aromatic nitrogens is 2. The van der Waals surface area contributed by atoms with Crippen molar-refractivity contribution in [3.05, 3.63) is 17.7 Å². The van der Waals surface area contributed by atoms with Crippen molar-refractivity contribution >= 4 is 16.0 Å². The quantitative estimate of drug-likeness (QED) is 0.730. The van der Waals surface area contributed by atoms with Gasteiger partial charge in [0.25, 0.3) is 0 Å². The molecule has 1 aliphatic heterocycles. The van der Waals surface area contributed by atoms with Crippen LogP contribution in [-0.2, 0) is 27.8 Å². The van der Waals surface area contributed by atoms with Gasteiger partial charge in [-0.15, -0.1) is 0 Å². The molecule has 0 amide bonds. The number of carbonyl (C=O) groups is 1. The van der Waals surface area contributed by atoms with Gasteiger partial charge in [-0.25, -0.2) is 13.4 Å². The summed E-state index contributed by atoms with van der Waals surface area (Å²) in [7, 11) is -3.90. The molecule has 2 heterocycles. The van der Waals surface area contributed by atoms with E-state index in [1.165, 1.54) is 12.4 Å². The molecule has 0 bridgehead atoms. The van der Waals surface area contributed by atoms with E-state index in [0.717, 1.165) is 4.31 Å². The lowest BCUT2D eigenvalue weighted by Crippen LogP contribution is -2.49. The van der Waals surface area contributed by atoms with Crippen molar-refractivity contribution in [3.63, 3.8) is 0 Å². The number of carboxylic acids is 1. The monoisotopic (exact) mass is 270 g/mol. The molecule has 2 rings (SSSR count). The summed E-state index contributed by atoms with van der Waals surface area (Å²) in [6, 6.07) is 0.325. The van der Waals surface area contributed by atoms with Gasteiger partial charge in [0.15, 0.2) is 5.75 Å². The summed E-state index contributed by atoms with van der Waals surface area (Å²) in [6.07, 6.45) is 1.39. The standard InChI is InChI=1S/C9H10N4O4S/c10-1-2-18(16,17)13-4-7-6(11-5-12-7)3-8(13)9(14)15/h5,8H,2-4H2,(H,11,12)(H,14,15). The number of carboxylic acid groups (broad SMARTS) is 1. The van der Waals surface area contributed by atoms with E-state index in [9.17, 15) is 13.2 Å². The van der Waals surface area contributed by atoms with Gasteiger partial charge in [-0.2, -0.15) is 9.57 Å². The Morgan fingerprint density at radius 1 is 1.72 bits per heavy atom. The van der Waals surface area contributed by atoms with Crippen molar-refractivity contribution in [1.82, 2.24) is 14.3 Å². The van der Waals surface area contributed by atoms with Crippen LogP contribution in [0.2, 0.25) is 0 Å². The largest absolute Gasteiger partial charge is 0.480 e. The van der Waals surface area contributed by atoms with Gasteiger partial charge >= 0.3 is 5.97 Å². The predicted molar refractivity (Wildman–Crippen MR) is 58.7 cm³/mol. The molecule has 0 spiro atoms. The van der Waals surface area contributed by atoms with Crippen molar-refractivity contribution in [2.45, 2.75) is 19.0 Å². The van der Waals surface area contributed by atoms with Gasteiger partial charge in [0.1, 0.15) is 6.04 Å². The third-order valence-electron chi connectivity index (χ3n) is 2.75. The van der Waals surface area contributed by atoms with Crippen LogP contribution in [-0.4, -0.2) is 45.6 Å². The minimum absolute atomic E-state index is 0.00117. The smallest absolute Gasteiger partial charge is 0.322 e. The third kappa shape index (κ3) is 2.07. The first-order chi connectivity index (χ1) is 8.45. The fourth-order valence-electron chi connectivity index (χ4n) is 1.88. The Kier molecular flexibility index (Phi) is 3.06. The lowest BCUT2D eigenvalue weighted by molar-refractivity contribution is -0.141. The SMILES string of the molecule is N#CCS(=O)(=O)N1Cc2[nH]cnc2CC1C(=O)O. The average Bonchev–Trinajstić information content (AvgIpc) is 2.74. The second-order valence-electron chi connectivity index (χ2n) is 3.85. The molecule has 0 fully saturated rings. The summed E-state index contributed by atoms with van der Waals surface area (Å²) in [5, 5.41) is 17.6. The molecule has 1 aliphatic rings. The second kappa shape index (κ2) is 4.40.